The van der Waals surface area contributed by atoms with Crippen LogP contribution in [-0.4, -0.2) is 4.45 Å². The first-order chi connectivity index (χ1) is 5.59. The molecule has 12 heavy (non-hydrogen) atoms. The van der Waals surface area contributed by atoms with Gasteiger partial charge < -0.3 is 5.32 Å². The largest absolute Gasteiger partial charge is 0.337 e. The molecule has 0 fully saturated rings. The van der Waals surface area contributed by atoms with Gasteiger partial charge in [0.25, 0.3) is 0 Å². The second kappa shape index (κ2) is 3.83. The normalized spacial score (nSPS) is 9.58. The molecule has 0 amide bonds. The molecule has 64 valence electrons. The molecule has 1 aromatic rings. The molecule has 0 saturated carbocycles. The van der Waals surface area contributed by atoms with Crippen LogP contribution in [0.3, 0.4) is 0 Å². The van der Waals surface area contributed by atoms with E-state index in [1.54, 1.807) is 19.1 Å². The molecule has 0 spiro atoms. The predicted octanol–water partition coefficient (Wildman–Crippen LogP) is 3.07. The standard InChI is InChI=1S/C8H7ClFNS/c1-5-4-6(11-8(9)12)2-3-7(5)10/h2-4H,1H3,(H,11,12). The number of benzene rings is 1. The predicted molar refractivity (Wildman–Crippen MR) is 53.2 cm³/mol. The maximum atomic E-state index is 12.7. The second-order valence-electron chi connectivity index (χ2n) is 2.36. The van der Waals surface area contributed by atoms with E-state index in [1.807, 2.05) is 0 Å². The Morgan fingerprint density at radius 2 is 2.25 bits per heavy atom. The lowest BCUT2D eigenvalue weighted by Gasteiger charge is -2.03. The van der Waals surface area contributed by atoms with Crippen LogP contribution in [0.15, 0.2) is 18.2 Å². The third kappa shape index (κ3) is 2.43. The highest BCUT2D eigenvalue weighted by molar-refractivity contribution is 7.83. The Morgan fingerprint density at radius 1 is 1.58 bits per heavy atom. The lowest BCUT2D eigenvalue weighted by molar-refractivity contribution is 0.619. The lowest BCUT2D eigenvalue weighted by Crippen LogP contribution is -2.00. The van der Waals surface area contributed by atoms with Gasteiger partial charge in [0.2, 0.25) is 0 Å². The summed E-state index contributed by atoms with van der Waals surface area (Å²) in [7, 11) is 0. The van der Waals surface area contributed by atoms with Gasteiger partial charge in [-0.1, -0.05) is 11.6 Å². The van der Waals surface area contributed by atoms with Crippen molar-refractivity contribution in [3.05, 3.63) is 29.6 Å². The van der Waals surface area contributed by atoms with Crippen molar-refractivity contribution in [1.29, 1.82) is 0 Å². The number of thiocarbonyl (C=S) groups is 1. The zero-order chi connectivity index (χ0) is 9.14. The molecule has 1 N–H and O–H groups in total. The van der Waals surface area contributed by atoms with Gasteiger partial charge in [0.15, 0.2) is 4.45 Å². The summed E-state index contributed by atoms with van der Waals surface area (Å²) in [5.74, 6) is -0.235. The minimum atomic E-state index is -0.235. The molecule has 0 aromatic heterocycles. The van der Waals surface area contributed by atoms with Crippen LogP contribution in [0.5, 0.6) is 0 Å². The van der Waals surface area contributed by atoms with Gasteiger partial charge in [-0.3, -0.25) is 0 Å². The van der Waals surface area contributed by atoms with Gasteiger partial charge in [-0.25, -0.2) is 4.39 Å². The van der Waals surface area contributed by atoms with E-state index in [1.165, 1.54) is 6.07 Å². The van der Waals surface area contributed by atoms with Gasteiger partial charge >= 0.3 is 0 Å². The minimum Gasteiger partial charge on any atom is -0.337 e. The summed E-state index contributed by atoms with van der Waals surface area (Å²) in [6.07, 6.45) is 0. The molecule has 0 heterocycles. The third-order valence-corrected chi connectivity index (χ3v) is 1.60. The highest BCUT2D eigenvalue weighted by Crippen LogP contribution is 2.13. The average Bonchev–Trinajstić information content (AvgIpc) is 1.96. The summed E-state index contributed by atoms with van der Waals surface area (Å²) in [6.45, 7) is 1.68. The average molecular weight is 204 g/mol. The first-order valence-electron chi connectivity index (χ1n) is 3.32. The Hall–Kier alpha value is -0.670. The molecule has 0 atom stereocenters. The van der Waals surface area contributed by atoms with Crippen LogP contribution >= 0.6 is 23.8 Å². The second-order valence-corrected chi connectivity index (χ2v) is 3.37. The van der Waals surface area contributed by atoms with Crippen LogP contribution in [-0.2, 0) is 0 Å². The van der Waals surface area contributed by atoms with E-state index in [0.717, 1.165) is 0 Å². The zero-order valence-corrected chi connectivity index (χ0v) is 7.97. The van der Waals surface area contributed by atoms with Crippen molar-refractivity contribution in [3.8, 4) is 0 Å². The third-order valence-electron chi connectivity index (χ3n) is 1.40. The summed E-state index contributed by atoms with van der Waals surface area (Å²) in [5.41, 5.74) is 1.27. The van der Waals surface area contributed by atoms with Crippen LogP contribution in [0.4, 0.5) is 10.1 Å². The Labute approximate surface area is 80.5 Å². The Morgan fingerprint density at radius 3 is 2.75 bits per heavy atom. The van der Waals surface area contributed by atoms with Crippen molar-refractivity contribution < 1.29 is 4.39 Å². The molecular formula is C8H7ClFNS. The highest BCUT2D eigenvalue weighted by Gasteiger charge is 1.98. The molecule has 0 aliphatic carbocycles. The Bertz CT molecular complexity index is 314. The van der Waals surface area contributed by atoms with Crippen molar-refractivity contribution in [2.75, 3.05) is 5.32 Å². The van der Waals surface area contributed by atoms with Gasteiger partial charge in [0, 0.05) is 5.69 Å². The lowest BCUT2D eigenvalue weighted by atomic mass is 10.2. The van der Waals surface area contributed by atoms with Crippen molar-refractivity contribution in [3.63, 3.8) is 0 Å². The summed E-state index contributed by atoms with van der Waals surface area (Å²) >= 11 is 10.0. The number of anilines is 1. The molecule has 1 rings (SSSR count). The fraction of sp³-hybridized carbons (Fsp3) is 0.125. The summed E-state index contributed by atoms with van der Waals surface area (Å²) in [4.78, 5) is 0. The van der Waals surface area contributed by atoms with Crippen molar-refractivity contribution >= 4 is 34.0 Å². The van der Waals surface area contributed by atoms with Crippen LogP contribution in [0, 0.1) is 12.7 Å². The van der Waals surface area contributed by atoms with Crippen LogP contribution in [0.2, 0.25) is 0 Å². The molecule has 1 aromatic carbocycles. The SMILES string of the molecule is Cc1cc(NC(=S)Cl)ccc1F. The maximum absolute atomic E-state index is 12.7. The Kier molecular flexibility index (Phi) is 3.00. The fourth-order valence-corrected chi connectivity index (χ4v) is 1.06. The van der Waals surface area contributed by atoms with Crippen molar-refractivity contribution in [1.82, 2.24) is 0 Å². The van der Waals surface area contributed by atoms with E-state index < -0.39 is 0 Å². The van der Waals surface area contributed by atoms with Gasteiger partial charge in [-0.2, -0.15) is 0 Å². The molecule has 1 nitrogen and oxygen atoms in total. The smallest absolute Gasteiger partial charge is 0.171 e. The van der Waals surface area contributed by atoms with E-state index in [-0.39, 0.29) is 10.3 Å². The van der Waals surface area contributed by atoms with Gasteiger partial charge in [0.05, 0.1) is 0 Å². The topological polar surface area (TPSA) is 12.0 Å². The zero-order valence-electron chi connectivity index (χ0n) is 6.40. The quantitative estimate of drug-likeness (QED) is 0.428. The molecule has 0 aliphatic rings. The Balaban J connectivity index is 2.89. The van der Waals surface area contributed by atoms with Gasteiger partial charge in [0.1, 0.15) is 5.82 Å². The molecule has 4 heteroatoms. The molecule has 0 radical (unpaired) electrons. The monoisotopic (exact) mass is 203 g/mol. The molecule has 0 bridgehead atoms. The van der Waals surface area contributed by atoms with Crippen LogP contribution < -0.4 is 5.32 Å². The number of rotatable bonds is 1. The molecular weight excluding hydrogens is 197 g/mol. The molecule has 0 aliphatic heterocycles. The van der Waals surface area contributed by atoms with Crippen molar-refractivity contribution in [2.45, 2.75) is 6.92 Å². The van der Waals surface area contributed by atoms with Crippen molar-refractivity contribution in [2.24, 2.45) is 0 Å². The van der Waals surface area contributed by atoms with E-state index >= 15 is 0 Å². The fourth-order valence-electron chi connectivity index (χ4n) is 0.836. The summed E-state index contributed by atoms with van der Waals surface area (Å²) in [5, 5.41) is 2.70. The van der Waals surface area contributed by atoms with Crippen LogP contribution in [0.25, 0.3) is 0 Å². The molecule has 0 saturated heterocycles. The number of hydrogen-bond donors (Lipinski definition) is 1. The number of nitrogens with one attached hydrogen (secondary N) is 1. The number of aryl methyl sites for hydroxylation is 1. The first-order valence-corrected chi connectivity index (χ1v) is 4.11. The van der Waals surface area contributed by atoms with Gasteiger partial charge in [-0.05, 0) is 42.9 Å². The number of halogens is 2. The molecule has 0 unspecified atom stereocenters. The minimum absolute atomic E-state index is 0.154. The van der Waals surface area contributed by atoms with E-state index in [0.29, 0.717) is 11.3 Å². The van der Waals surface area contributed by atoms with Crippen LogP contribution in [0.1, 0.15) is 5.56 Å². The first kappa shape index (κ1) is 9.42. The van der Waals surface area contributed by atoms with E-state index in [9.17, 15) is 4.39 Å². The summed E-state index contributed by atoms with van der Waals surface area (Å²) < 4.78 is 12.9. The number of hydrogen-bond acceptors (Lipinski definition) is 1. The van der Waals surface area contributed by atoms with E-state index in [2.05, 4.69) is 17.5 Å². The van der Waals surface area contributed by atoms with E-state index in [4.69, 9.17) is 11.6 Å². The maximum Gasteiger partial charge on any atom is 0.171 e. The highest BCUT2D eigenvalue weighted by atomic mass is 35.5. The van der Waals surface area contributed by atoms with Gasteiger partial charge in [-0.15, -0.1) is 0 Å². The summed E-state index contributed by atoms with van der Waals surface area (Å²) in [6, 6.07) is 4.59.